The van der Waals surface area contributed by atoms with E-state index in [2.05, 4.69) is 11.8 Å². The van der Waals surface area contributed by atoms with Gasteiger partial charge in [0, 0.05) is 19.6 Å². The molecule has 0 saturated carbocycles. The van der Waals surface area contributed by atoms with Crippen LogP contribution >= 0.6 is 0 Å². The van der Waals surface area contributed by atoms with Crippen molar-refractivity contribution in [1.82, 2.24) is 9.80 Å². The summed E-state index contributed by atoms with van der Waals surface area (Å²) in [6.07, 6.45) is 0.829. The van der Waals surface area contributed by atoms with Gasteiger partial charge >= 0.3 is 6.09 Å². The first kappa shape index (κ1) is 13.9. The van der Waals surface area contributed by atoms with Gasteiger partial charge in [-0.15, -0.1) is 0 Å². The van der Waals surface area contributed by atoms with Gasteiger partial charge < -0.3 is 14.5 Å². The summed E-state index contributed by atoms with van der Waals surface area (Å²) < 4.78 is 5.36. The average molecular weight is 262 g/mol. The Hall–Kier alpha value is -1.55. The normalized spacial score (nSPS) is 17.0. The van der Waals surface area contributed by atoms with Gasteiger partial charge in [-0.3, -0.25) is 0 Å². The average Bonchev–Trinajstić information content (AvgIpc) is 2.71. The van der Waals surface area contributed by atoms with E-state index >= 15 is 0 Å². The molecule has 1 fully saturated rings. The number of carbonyl (C=O) groups excluding carboxylic acids is 1. The Labute approximate surface area is 115 Å². The molecule has 0 unspecified atom stereocenters. The molecule has 0 N–H and O–H groups in total. The zero-order chi connectivity index (χ0) is 13.5. The van der Waals surface area contributed by atoms with Gasteiger partial charge in [0.2, 0.25) is 0 Å². The summed E-state index contributed by atoms with van der Waals surface area (Å²) in [5.41, 5.74) is 1.03. The number of likely N-dealkylation sites (N-methyl/N-ethyl adjacent to an activating group) is 1. The number of rotatable bonds is 3. The van der Waals surface area contributed by atoms with Crippen molar-refractivity contribution in [2.75, 3.05) is 32.7 Å². The summed E-state index contributed by atoms with van der Waals surface area (Å²) >= 11 is 0. The molecule has 19 heavy (non-hydrogen) atoms. The van der Waals surface area contributed by atoms with Gasteiger partial charge in [-0.1, -0.05) is 37.3 Å². The van der Waals surface area contributed by atoms with Crippen LogP contribution < -0.4 is 0 Å². The number of benzene rings is 1. The minimum atomic E-state index is -0.193. The van der Waals surface area contributed by atoms with E-state index in [0.29, 0.717) is 6.61 Å². The fraction of sp³-hybridized carbons (Fsp3) is 0.533. The van der Waals surface area contributed by atoms with Crippen LogP contribution in [0, 0.1) is 0 Å². The predicted octanol–water partition coefficient (Wildman–Crippen LogP) is 2.35. The van der Waals surface area contributed by atoms with Crippen LogP contribution in [0.15, 0.2) is 30.3 Å². The number of hydrogen-bond acceptors (Lipinski definition) is 3. The zero-order valence-corrected chi connectivity index (χ0v) is 11.5. The first-order valence-corrected chi connectivity index (χ1v) is 6.97. The molecule has 2 rings (SSSR count). The number of amides is 1. The summed E-state index contributed by atoms with van der Waals surface area (Å²) in [5.74, 6) is 0. The Morgan fingerprint density at radius 1 is 1.16 bits per heavy atom. The van der Waals surface area contributed by atoms with Crippen LogP contribution in [0.4, 0.5) is 4.79 Å². The lowest BCUT2D eigenvalue weighted by Crippen LogP contribution is -2.35. The molecular weight excluding hydrogens is 240 g/mol. The molecule has 1 aliphatic rings. The maximum absolute atomic E-state index is 12.0. The molecule has 1 saturated heterocycles. The molecule has 0 aliphatic carbocycles. The molecule has 104 valence electrons. The zero-order valence-electron chi connectivity index (χ0n) is 11.5. The highest BCUT2D eigenvalue weighted by Crippen LogP contribution is 2.07. The molecule has 0 atom stereocenters. The first-order chi connectivity index (χ1) is 9.29. The smallest absolute Gasteiger partial charge is 0.410 e. The number of nitrogens with zero attached hydrogens (tertiary/aromatic N) is 2. The quantitative estimate of drug-likeness (QED) is 0.838. The van der Waals surface area contributed by atoms with E-state index in [0.717, 1.165) is 44.7 Å². The fourth-order valence-corrected chi connectivity index (χ4v) is 2.28. The van der Waals surface area contributed by atoms with E-state index in [-0.39, 0.29) is 6.09 Å². The third kappa shape index (κ3) is 4.24. The summed E-state index contributed by atoms with van der Waals surface area (Å²) in [5, 5.41) is 0. The highest BCUT2D eigenvalue weighted by molar-refractivity contribution is 5.67. The van der Waals surface area contributed by atoms with Gasteiger partial charge in [-0.05, 0) is 25.1 Å². The van der Waals surface area contributed by atoms with Crippen molar-refractivity contribution in [2.24, 2.45) is 0 Å². The van der Waals surface area contributed by atoms with Crippen molar-refractivity contribution in [3.8, 4) is 0 Å². The molecule has 0 spiro atoms. The topological polar surface area (TPSA) is 32.8 Å². The highest BCUT2D eigenvalue weighted by atomic mass is 16.6. The van der Waals surface area contributed by atoms with Crippen molar-refractivity contribution >= 4 is 6.09 Å². The van der Waals surface area contributed by atoms with Crippen molar-refractivity contribution in [1.29, 1.82) is 0 Å². The van der Waals surface area contributed by atoms with E-state index in [1.54, 1.807) is 0 Å². The van der Waals surface area contributed by atoms with E-state index in [1.165, 1.54) is 0 Å². The molecule has 0 radical (unpaired) electrons. The summed E-state index contributed by atoms with van der Waals surface area (Å²) in [7, 11) is 0. The van der Waals surface area contributed by atoms with Gasteiger partial charge in [0.15, 0.2) is 0 Å². The molecule has 1 heterocycles. The molecule has 4 nitrogen and oxygen atoms in total. The van der Waals surface area contributed by atoms with Crippen LogP contribution in [0.5, 0.6) is 0 Å². The fourth-order valence-electron chi connectivity index (χ4n) is 2.28. The van der Waals surface area contributed by atoms with E-state index in [1.807, 2.05) is 35.2 Å². The maximum atomic E-state index is 12.0. The predicted molar refractivity (Wildman–Crippen MR) is 74.9 cm³/mol. The largest absolute Gasteiger partial charge is 0.445 e. The summed E-state index contributed by atoms with van der Waals surface area (Å²) in [6.45, 7) is 7.13. The molecule has 1 amide bonds. The Kier molecular flexibility index (Phi) is 5.21. The molecule has 0 aromatic heterocycles. The number of ether oxygens (including phenoxy) is 1. The Bertz CT molecular complexity index is 394. The van der Waals surface area contributed by atoms with E-state index < -0.39 is 0 Å². The van der Waals surface area contributed by atoms with Crippen molar-refractivity contribution in [2.45, 2.75) is 20.0 Å². The lowest BCUT2D eigenvalue weighted by Gasteiger charge is -2.20. The number of hydrogen-bond donors (Lipinski definition) is 0. The van der Waals surface area contributed by atoms with Crippen LogP contribution in [-0.4, -0.2) is 48.6 Å². The van der Waals surface area contributed by atoms with Crippen LogP contribution in [0.3, 0.4) is 0 Å². The molecule has 1 aromatic rings. The number of carbonyl (C=O) groups is 1. The molecule has 1 aliphatic heterocycles. The molecule has 4 heteroatoms. The van der Waals surface area contributed by atoms with Gasteiger partial charge in [0.05, 0.1) is 0 Å². The standard InChI is InChI=1S/C15H22N2O2/c1-2-16-9-6-10-17(12-11-16)15(18)19-13-14-7-4-3-5-8-14/h3-5,7-8H,2,6,9-13H2,1H3. The van der Waals surface area contributed by atoms with Crippen LogP contribution in [0.25, 0.3) is 0 Å². The molecular formula is C15H22N2O2. The minimum absolute atomic E-state index is 0.193. The second-order valence-electron chi connectivity index (χ2n) is 4.82. The van der Waals surface area contributed by atoms with Gasteiger partial charge in [0.25, 0.3) is 0 Å². The van der Waals surface area contributed by atoms with Gasteiger partial charge in [-0.2, -0.15) is 0 Å². The third-order valence-electron chi connectivity index (χ3n) is 3.50. The summed E-state index contributed by atoms with van der Waals surface area (Å²) in [4.78, 5) is 16.2. The molecule has 1 aromatic carbocycles. The van der Waals surface area contributed by atoms with Crippen LogP contribution in [-0.2, 0) is 11.3 Å². The maximum Gasteiger partial charge on any atom is 0.410 e. The Morgan fingerprint density at radius 3 is 2.68 bits per heavy atom. The first-order valence-electron chi connectivity index (χ1n) is 6.97. The SMILES string of the molecule is CCN1CCCN(C(=O)OCc2ccccc2)CC1. The lowest BCUT2D eigenvalue weighted by molar-refractivity contribution is 0.0974. The summed E-state index contributed by atoms with van der Waals surface area (Å²) in [6, 6.07) is 9.80. The molecule has 0 bridgehead atoms. The van der Waals surface area contributed by atoms with Crippen LogP contribution in [0.2, 0.25) is 0 Å². The minimum Gasteiger partial charge on any atom is -0.445 e. The third-order valence-corrected chi connectivity index (χ3v) is 3.50. The lowest BCUT2D eigenvalue weighted by atomic mass is 10.2. The van der Waals surface area contributed by atoms with E-state index in [4.69, 9.17) is 4.74 Å². The van der Waals surface area contributed by atoms with Crippen LogP contribution in [0.1, 0.15) is 18.9 Å². The Balaban J connectivity index is 1.79. The Morgan fingerprint density at radius 2 is 1.95 bits per heavy atom. The van der Waals surface area contributed by atoms with Crippen molar-refractivity contribution in [3.05, 3.63) is 35.9 Å². The second-order valence-corrected chi connectivity index (χ2v) is 4.82. The van der Waals surface area contributed by atoms with Crippen molar-refractivity contribution < 1.29 is 9.53 Å². The van der Waals surface area contributed by atoms with Gasteiger partial charge in [-0.25, -0.2) is 4.79 Å². The van der Waals surface area contributed by atoms with Crippen molar-refractivity contribution in [3.63, 3.8) is 0 Å². The van der Waals surface area contributed by atoms with E-state index in [9.17, 15) is 4.79 Å². The monoisotopic (exact) mass is 262 g/mol. The highest BCUT2D eigenvalue weighted by Gasteiger charge is 2.19. The van der Waals surface area contributed by atoms with Gasteiger partial charge in [0.1, 0.15) is 6.61 Å². The second kappa shape index (κ2) is 7.14.